The van der Waals surface area contributed by atoms with Crippen LogP contribution in [0.15, 0.2) is 10.8 Å². The van der Waals surface area contributed by atoms with Crippen molar-refractivity contribution in [2.24, 2.45) is 5.73 Å². The molecule has 0 spiro atoms. The van der Waals surface area contributed by atoms with Gasteiger partial charge in [-0.2, -0.15) is 11.3 Å². The van der Waals surface area contributed by atoms with Gasteiger partial charge in [0.15, 0.2) is 0 Å². The summed E-state index contributed by atoms with van der Waals surface area (Å²) in [5, 5.41) is 4.01. The molecule has 0 aliphatic heterocycles. The molecular formula is C6H7NS2. The minimum Gasteiger partial charge on any atom is -0.389 e. The first-order chi connectivity index (χ1) is 4.22. The fraction of sp³-hybridized carbons (Fsp3) is 0.167. The minimum absolute atomic E-state index is 0.494. The summed E-state index contributed by atoms with van der Waals surface area (Å²) in [4.78, 5) is 0.494. The van der Waals surface area contributed by atoms with Gasteiger partial charge in [0, 0.05) is 10.9 Å². The first-order valence-corrected chi connectivity index (χ1v) is 3.89. The molecule has 0 fully saturated rings. The Kier molecular flexibility index (Phi) is 1.83. The molecule has 1 nitrogen and oxygen atoms in total. The Morgan fingerprint density at radius 3 is 2.56 bits per heavy atom. The molecule has 0 saturated carbocycles. The number of thiocarbonyl (C=S) groups is 1. The monoisotopic (exact) mass is 157 g/mol. The summed E-state index contributed by atoms with van der Waals surface area (Å²) in [6, 6.07) is 0. The summed E-state index contributed by atoms with van der Waals surface area (Å²) in [6.07, 6.45) is 0. The zero-order valence-corrected chi connectivity index (χ0v) is 6.68. The maximum absolute atomic E-state index is 5.40. The van der Waals surface area contributed by atoms with E-state index in [0.717, 1.165) is 5.56 Å². The van der Waals surface area contributed by atoms with Crippen LogP contribution in [0.3, 0.4) is 0 Å². The van der Waals surface area contributed by atoms with Crippen LogP contribution in [-0.4, -0.2) is 4.99 Å². The highest BCUT2D eigenvalue weighted by Crippen LogP contribution is 2.12. The average molecular weight is 157 g/mol. The third-order valence-electron chi connectivity index (χ3n) is 1.12. The van der Waals surface area contributed by atoms with Gasteiger partial charge in [-0.05, 0) is 17.9 Å². The molecule has 0 bridgehead atoms. The quantitative estimate of drug-likeness (QED) is 0.628. The van der Waals surface area contributed by atoms with Crippen LogP contribution >= 0.6 is 23.6 Å². The van der Waals surface area contributed by atoms with E-state index in [1.165, 1.54) is 5.56 Å². The lowest BCUT2D eigenvalue weighted by molar-refractivity contribution is 1.51. The van der Waals surface area contributed by atoms with E-state index in [1.54, 1.807) is 11.3 Å². The average Bonchev–Trinajstić information content (AvgIpc) is 2.13. The van der Waals surface area contributed by atoms with E-state index in [-0.39, 0.29) is 0 Å². The molecule has 1 heterocycles. The SMILES string of the molecule is Cc1cscc1C(N)=S. The van der Waals surface area contributed by atoms with Gasteiger partial charge in [-0.25, -0.2) is 0 Å². The minimum atomic E-state index is 0.494. The van der Waals surface area contributed by atoms with Gasteiger partial charge in [0.2, 0.25) is 0 Å². The highest BCUT2D eigenvalue weighted by atomic mass is 32.1. The summed E-state index contributed by atoms with van der Waals surface area (Å²) in [7, 11) is 0. The Hall–Kier alpha value is -0.410. The fourth-order valence-corrected chi connectivity index (χ4v) is 1.76. The second-order valence-corrected chi connectivity index (χ2v) is 3.02. The Balaban J connectivity index is 3.08. The smallest absolute Gasteiger partial charge is 0.105 e. The molecule has 3 heteroatoms. The molecule has 0 saturated heterocycles. The maximum atomic E-state index is 5.40. The molecule has 1 aromatic heterocycles. The van der Waals surface area contributed by atoms with Gasteiger partial charge in [0.25, 0.3) is 0 Å². The lowest BCUT2D eigenvalue weighted by atomic mass is 10.2. The van der Waals surface area contributed by atoms with Gasteiger partial charge in [-0.3, -0.25) is 0 Å². The van der Waals surface area contributed by atoms with Gasteiger partial charge >= 0.3 is 0 Å². The van der Waals surface area contributed by atoms with Crippen molar-refractivity contribution < 1.29 is 0 Å². The zero-order chi connectivity index (χ0) is 6.85. The Morgan fingerprint density at radius 1 is 1.67 bits per heavy atom. The van der Waals surface area contributed by atoms with Gasteiger partial charge in [0.05, 0.1) is 0 Å². The summed E-state index contributed by atoms with van der Waals surface area (Å²) >= 11 is 6.41. The lowest BCUT2D eigenvalue weighted by Gasteiger charge is -1.91. The molecule has 0 aliphatic carbocycles. The molecule has 0 radical (unpaired) electrons. The Labute approximate surface area is 63.5 Å². The van der Waals surface area contributed by atoms with E-state index in [1.807, 2.05) is 17.7 Å². The summed E-state index contributed by atoms with van der Waals surface area (Å²) < 4.78 is 0. The topological polar surface area (TPSA) is 26.0 Å². The lowest BCUT2D eigenvalue weighted by Crippen LogP contribution is -2.08. The van der Waals surface area contributed by atoms with Crippen molar-refractivity contribution >= 4 is 28.5 Å². The Morgan fingerprint density at radius 2 is 2.33 bits per heavy atom. The highest BCUT2D eigenvalue weighted by molar-refractivity contribution is 7.80. The van der Waals surface area contributed by atoms with Crippen molar-refractivity contribution in [2.75, 3.05) is 0 Å². The van der Waals surface area contributed by atoms with Crippen LogP contribution in [0.5, 0.6) is 0 Å². The highest BCUT2D eigenvalue weighted by Gasteiger charge is 1.99. The number of rotatable bonds is 1. The first kappa shape index (κ1) is 6.71. The summed E-state index contributed by atoms with van der Waals surface area (Å²) in [5.41, 5.74) is 7.58. The van der Waals surface area contributed by atoms with Gasteiger partial charge in [0.1, 0.15) is 4.99 Å². The van der Waals surface area contributed by atoms with E-state index >= 15 is 0 Å². The number of hydrogen-bond donors (Lipinski definition) is 1. The zero-order valence-electron chi connectivity index (χ0n) is 5.05. The van der Waals surface area contributed by atoms with Crippen molar-refractivity contribution in [3.63, 3.8) is 0 Å². The van der Waals surface area contributed by atoms with Crippen molar-refractivity contribution in [1.82, 2.24) is 0 Å². The van der Waals surface area contributed by atoms with Crippen molar-refractivity contribution in [2.45, 2.75) is 6.92 Å². The van der Waals surface area contributed by atoms with Gasteiger partial charge in [-0.15, -0.1) is 0 Å². The van der Waals surface area contributed by atoms with Crippen molar-refractivity contribution in [3.05, 3.63) is 21.9 Å². The summed E-state index contributed by atoms with van der Waals surface area (Å²) in [6.45, 7) is 2.00. The Bertz CT molecular complexity index is 227. The van der Waals surface area contributed by atoms with Crippen LogP contribution in [0.1, 0.15) is 11.1 Å². The largest absolute Gasteiger partial charge is 0.389 e. The molecule has 9 heavy (non-hydrogen) atoms. The number of nitrogens with two attached hydrogens (primary N) is 1. The third kappa shape index (κ3) is 1.28. The van der Waals surface area contributed by atoms with E-state index in [4.69, 9.17) is 18.0 Å². The van der Waals surface area contributed by atoms with Crippen LogP contribution in [0.4, 0.5) is 0 Å². The molecule has 1 aromatic rings. The van der Waals surface area contributed by atoms with E-state index in [9.17, 15) is 0 Å². The normalized spacial score (nSPS) is 9.44. The molecule has 0 unspecified atom stereocenters. The number of hydrogen-bond acceptors (Lipinski definition) is 2. The molecule has 48 valence electrons. The molecule has 0 atom stereocenters. The van der Waals surface area contributed by atoms with Gasteiger partial charge in [-0.1, -0.05) is 12.2 Å². The van der Waals surface area contributed by atoms with Crippen LogP contribution in [-0.2, 0) is 0 Å². The second kappa shape index (κ2) is 2.45. The molecule has 2 N–H and O–H groups in total. The van der Waals surface area contributed by atoms with E-state index in [2.05, 4.69) is 0 Å². The predicted molar refractivity (Wildman–Crippen MR) is 44.9 cm³/mol. The van der Waals surface area contributed by atoms with Crippen LogP contribution in [0, 0.1) is 6.92 Å². The fourth-order valence-electron chi connectivity index (χ4n) is 0.613. The van der Waals surface area contributed by atoms with Crippen LogP contribution in [0.2, 0.25) is 0 Å². The van der Waals surface area contributed by atoms with Crippen LogP contribution in [0.25, 0.3) is 0 Å². The molecule has 0 aliphatic rings. The predicted octanol–water partition coefficient (Wildman–Crippen LogP) is 1.69. The standard InChI is InChI=1S/C6H7NS2/c1-4-2-9-3-5(4)6(7)8/h2-3H,1H3,(H2,7,8). The van der Waals surface area contributed by atoms with Crippen LogP contribution < -0.4 is 5.73 Å². The van der Waals surface area contributed by atoms with Crippen molar-refractivity contribution in [1.29, 1.82) is 0 Å². The molecule has 0 amide bonds. The number of thiophene rings is 1. The maximum Gasteiger partial charge on any atom is 0.105 e. The third-order valence-corrected chi connectivity index (χ3v) is 2.20. The van der Waals surface area contributed by atoms with E-state index in [0.29, 0.717) is 4.99 Å². The van der Waals surface area contributed by atoms with E-state index < -0.39 is 0 Å². The molecular weight excluding hydrogens is 150 g/mol. The van der Waals surface area contributed by atoms with Crippen molar-refractivity contribution in [3.8, 4) is 0 Å². The molecule has 0 aromatic carbocycles. The number of aryl methyl sites for hydroxylation is 1. The van der Waals surface area contributed by atoms with Gasteiger partial charge < -0.3 is 5.73 Å². The molecule has 1 rings (SSSR count). The summed E-state index contributed by atoms with van der Waals surface area (Å²) in [5.74, 6) is 0. The first-order valence-electron chi connectivity index (χ1n) is 2.54. The second-order valence-electron chi connectivity index (χ2n) is 1.83.